The zero-order chi connectivity index (χ0) is 28.5. The zero-order valence-corrected chi connectivity index (χ0v) is 22.2. The number of rotatable bonds is 4. The van der Waals surface area contributed by atoms with E-state index >= 15 is 0 Å². The summed E-state index contributed by atoms with van der Waals surface area (Å²) in [6.07, 6.45) is 3.72. The summed E-state index contributed by atoms with van der Waals surface area (Å²) in [4.78, 5) is 56.7. The molecule has 2 heterocycles. The van der Waals surface area contributed by atoms with Crippen LogP contribution >= 0.6 is 11.6 Å². The molecule has 0 unspecified atom stereocenters. The second-order valence-electron chi connectivity index (χ2n) is 10.5. The van der Waals surface area contributed by atoms with Gasteiger partial charge in [0, 0.05) is 40.4 Å². The lowest BCUT2D eigenvalue weighted by Crippen LogP contribution is -2.48. The highest BCUT2D eigenvalue weighted by molar-refractivity contribution is 6.35. The quantitative estimate of drug-likeness (QED) is 0.121. The van der Waals surface area contributed by atoms with E-state index in [9.17, 15) is 24.5 Å². The monoisotopic (exact) mass is 560 g/mol. The van der Waals surface area contributed by atoms with Gasteiger partial charge < -0.3 is 4.90 Å². The molecular formula is C33H21ClN2O5. The van der Waals surface area contributed by atoms with Gasteiger partial charge in [0.2, 0.25) is 0 Å². The van der Waals surface area contributed by atoms with Gasteiger partial charge in [0.15, 0.2) is 17.3 Å². The molecule has 0 radical (unpaired) electrons. The molecule has 4 aromatic carbocycles. The maximum absolute atomic E-state index is 14.6. The smallest absolute Gasteiger partial charge is 0.269 e. The Hall–Kier alpha value is -4.88. The first-order valence-corrected chi connectivity index (χ1v) is 13.5. The van der Waals surface area contributed by atoms with Gasteiger partial charge in [-0.1, -0.05) is 90.5 Å². The molecule has 0 amide bonds. The molecule has 1 saturated heterocycles. The van der Waals surface area contributed by atoms with E-state index < -0.39 is 28.3 Å². The van der Waals surface area contributed by atoms with Gasteiger partial charge in [0.05, 0.1) is 16.0 Å². The Morgan fingerprint density at radius 3 is 2.10 bits per heavy atom. The van der Waals surface area contributed by atoms with Crippen LogP contribution in [0, 0.1) is 15.5 Å². The van der Waals surface area contributed by atoms with Crippen LogP contribution < -0.4 is 4.90 Å². The molecule has 0 N–H and O–H groups in total. The van der Waals surface area contributed by atoms with Crippen molar-refractivity contribution in [1.29, 1.82) is 0 Å². The molecule has 8 heteroatoms. The van der Waals surface area contributed by atoms with Crippen molar-refractivity contribution >= 4 is 46.4 Å². The first kappa shape index (κ1) is 25.1. The number of fused-ring (bicyclic) bond motifs is 5. The third-order valence-corrected chi connectivity index (χ3v) is 8.91. The number of hydrogen-bond donors (Lipinski definition) is 0. The summed E-state index contributed by atoms with van der Waals surface area (Å²) in [6.45, 7) is 0. The molecular weight excluding hydrogens is 540 g/mol. The van der Waals surface area contributed by atoms with Crippen LogP contribution in [-0.4, -0.2) is 34.4 Å². The Balaban J connectivity index is 1.55. The molecule has 1 spiro atoms. The van der Waals surface area contributed by atoms with Crippen LogP contribution in [0.3, 0.4) is 0 Å². The van der Waals surface area contributed by atoms with Crippen molar-refractivity contribution < 1.29 is 19.3 Å². The summed E-state index contributed by atoms with van der Waals surface area (Å²) in [5.41, 5.74) is 1.10. The van der Waals surface area contributed by atoms with Crippen molar-refractivity contribution in [3.8, 4) is 0 Å². The van der Waals surface area contributed by atoms with Gasteiger partial charge in [0.1, 0.15) is 11.5 Å². The van der Waals surface area contributed by atoms with Crippen molar-refractivity contribution in [3.63, 3.8) is 0 Å². The van der Waals surface area contributed by atoms with Gasteiger partial charge in [0.25, 0.3) is 5.69 Å². The fourth-order valence-corrected chi connectivity index (χ4v) is 7.14. The number of para-hydroxylation sites is 1. The Bertz CT molecular complexity index is 1790. The normalized spacial score (nSPS) is 21.5. The average Bonchev–Trinajstić information content (AvgIpc) is 3.43. The SMILES string of the molecule is O=C(c1ccccc1Cl)[C@@H]1[C@@H](c2ccc([N+](=O)[O-])cc2)C2(C(=O)c3ccccc3C2=O)[C@@H]2C=Cc3ccccc3N12. The van der Waals surface area contributed by atoms with E-state index in [0.717, 1.165) is 5.56 Å². The number of anilines is 1. The van der Waals surface area contributed by atoms with Gasteiger partial charge in [-0.3, -0.25) is 24.5 Å². The second-order valence-corrected chi connectivity index (χ2v) is 10.9. The number of nitro groups is 1. The van der Waals surface area contributed by atoms with E-state index in [-0.39, 0.29) is 33.6 Å². The summed E-state index contributed by atoms with van der Waals surface area (Å²) in [6, 6.07) is 24.9. The van der Waals surface area contributed by atoms with E-state index in [0.29, 0.717) is 22.4 Å². The van der Waals surface area contributed by atoms with Gasteiger partial charge in [-0.15, -0.1) is 0 Å². The molecule has 0 saturated carbocycles. The van der Waals surface area contributed by atoms with E-state index in [1.807, 2.05) is 41.3 Å². The summed E-state index contributed by atoms with van der Waals surface area (Å²) < 4.78 is 0. The minimum Gasteiger partial charge on any atom is -0.352 e. The number of halogens is 1. The Kier molecular flexibility index (Phi) is 5.56. The van der Waals surface area contributed by atoms with Crippen LogP contribution in [0.1, 0.15) is 48.1 Å². The fourth-order valence-electron chi connectivity index (χ4n) is 6.91. The Morgan fingerprint density at radius 1 is 0.829 bits per heavy atom. The van der Waals surface area contributed by atoms with Crippen molar-refractivity contribution in [2.24, 2.45) is 5.41 Å². The number of benzene rings is 4. The molecule has 7 rings (SSSR count). The minimum atomic E-state index is -1.69. The first-order valence-electron chi connectivity index (χ1n) is 13.1. The van der Waals surface area contributed by atoms with Crippen LogP contribution in [0.15, 0.2) is 103 Å². The molecule has 1 aliphatic carbocycles. The topological polar surface area (TPSA) is 97.6 Å². The molecule has 4 aromatic rings. The predicted molar refractivity (Wildman–Crippen MR) is 155 cm³/mol. The number of carbonyl (C=O) groups excluding carboxylic acids is 3. The highest BCUT2D eigenvalue weighted by atomic mass is 35.5. The summed E-state index contributed by atoms with van der Waals surface area (Å²) >= 11 is 6.54. The van der Waals surface area contributed by atoms with Crippen molar-refractivity contribution in [2.45, 2.75) is 18.0 Å². The average molecular weight is 561 g/mol. The maximum Gasteiger partial charge on any atom is 0.269 e. The summed E-state index contributed by atoms with van der Waals surface area (Å²) in [5.74, 6) is -2.05. The summed E-state index contributed by atoms with van der Waals surface area (Å²) in [5, 5.41) is 11.7. The predicted octanol–water partition coefficient (Wildman–Crippen LogP) is 6.56. The van der Waals surface area contributed by atoms with Crippen LogP contribution in [0.25, 0.3) is 6.08 Å². The fraction of sp³-hybridized carbons (Fsp3) is 0.121. The molecule has 3 atom stereocenters. The lowest BCUT2D eigenvalue weighted by atomic mass is 9.64. The Morgan fingerprint density at radius 2 is 1.44 bits per heavy atom. The first-order chi connectivity index (χ1) is 19.9. The lowest BCUT2D eigenvalue weighted by molar-refractivity contribution is -0.384. The number of non-ortho nitro benzene ring substituents is 1. The highest BCUT2D eigenvalue weighted by Crippen LogP contribution is 2.61. The van der Waals surface area contributed by atoms with E-state index in [1.165, 1.54) is 12.1 Å². The summed E-state index contributed by atoms with van der Waals surface area (Å²) in [7, 11) is 0. The number of carbonyl (C=O) groups is 3. The standard InChI is InChI=1S/C33H21ClN2O5/c34-25-11-5-4-10-24(25)30(37)29-28(20-13-16-21(17-14-20)36(40)41)33(31(38)22-8-2-3-9-23(22)32(33)39)27-18-15-19-7-1-6-12-26(19)35(27)29/h1-18,27-29H/t27-,28+,29-/m0/s1. The highest BCUT2D eigenvalue weighted by Gasteiger charge is 2.71. The number of nitro benzene ring substituents is 1. The zero-order valence-electron chi connectivity index (χ0n) is 21.4. The molecule has 200 valence electrons. The molecule has 3 aliphatic rings. The van der Waals surface area contributed by atoms with Gasteiger partial charge in [-0.25, -0.2) is 0 Å². The van der Waals surface area contributed by atoms with Crippen LogP contribution in [-0.2, 0) is 0 Å². The van der Waals surface area contributed by atoms with Crippen molar-refractivity contribution in [1.82, 2.24) is 0 Å². The van der Waals surface area contributed by atoms with Crippen molar-refractivity contribution in [2.75, 3.05) is 4.90 Å². The minimum absolute atomic E-state index is 0.134. The van der Waals surface area contributed by atoms with Crippen LogP contribution in [0.4, 0.5) is 11.4 Å². The largest absolute Gasteiger partial charge is 0.352 e. The molecule has 1 fully saturated rings. The lowest BCUT2D eigenvalue weighted by Gasteiger charge is -2.37. The number of ketones is 3. The molecule has 2 aliphatic heterocycles. The van der Waals surface area contributed by atoms with Crippen LogP contribution in [0.2, 0.25) is 5.02 Å². The molecule has 0 aromatic heterocycles. The van der Waals surface area contributed by atoms with Crippen molar-refractivity contribution in [3.05, 3.63) is 146 Å². The van der Waals surface area contributed by atoms with Crippen LogP contribution in [0.5, 0.6) is 0 Å². The van der Waals surface area contributed by atoms with E-state index in [2.05, 4.69) is 0 Å². The number of nitrogens with zero attached hydrogens (tertiary/aromatic N) is 2. The number of hydrogen-bond acceptors (Lipinski definition) is 6. The second kappa shape index (κ2) is 9.08. The Labute approximate surface area is 239 Å². The van der Waals surface area contributed by atoms with Gasteiger partial charge >= 0.3 is 0 Å². The third-order valence-electron chi connectivity index (χ3n) is 8.58. The van der Waals surface area contributed by atoms with E-state index in [4.69, 9.17) is 11.6 Å². The number of Topliss-reactive ketones (excluding diaryl/α,β-unsaturated/α-hetero) is 3. The molecule has 41 heavy (non-hydrogen) atoms. The van der Waals surface area contributed by atoms with E-state index in [1.54, 1.807) is 60.7 Å². The third kappa shape index (κ3) is 3.36. The maximum atomic E-state index is 14.6. The van der Waals surface area contributed by atoms with Gasteiger partial charge in [-0.2, -0.15) is 0 Å². The van der Waals surface area contributed by atoms with Gasteiger partial charge in [-0.05, 0) is 29.3 Å². The molecule has 7 nitrogen and oxygen atoms in total. The molecule has 0 bridgehead atoms.